The first-order valence-electron chi connectivity index (χ1n) is 4.78. The van der Waals surface area contributed by atoms with E-state index in [4.69, 9.17) is 11.6 Å². The maximum atomic E-state index is 11.3. The summed E-state index contributed by atoms with van der Waals surface area (Å²) in [5, 5.41) is 13.2. The summed E-state index contributed by atoms with van der Waals surface area (Å²) in [6, 6.07) is 3.94. The van der Waals surface area contributed by atoms with Gasteiger partial charge in [0.25, 0.3) is 5.69 Å². The van der Waals surface area contributed by atoms with E-state index in [0.29, 0.717) is 12.1 Å². The fourth-order valence-electron chi connectivity index (χ4n) is 1.16. The van der Waals surface area contributed by atoms with Gasteiger partial charge in [-0.2, -0.15) is 0 Å². The molecule has 0 bridgehead atoms. The lowest BCUT2D eigenvalue weighted by Crippen LogP contribution is -2.10. The van der Waals surface area contributed by atoms with E-state index >= 15 is 0 Å². The number of non-ortho nitro benzene ring substituents is 1. The fraction of sp³-hybridized carbons (Fsp3) is 0.300. The number of rotatable bonds is 4. The van der Waals surface area contributed by atoms with E-state index in [0.717, 1.165) is 6.42 Å². The summed E-state index contributed by atoms with van der Waals surface area (Å²) in [7, 11) is 0. The van der Waals surface area contributed by atoms with Gasteiger partial charge in [-0.1, -0.05) is 18.5 Å². The number of carbonyl (C=O) groups excluding carboxylic acids is 1. The number of nitro groups is 1. The van der Waals surface area contributed by atoms with Crippen LogP contribution < -0.4 is 5.32 Å². The molecule has 0 aliphatic rings. The molecule has 1 N–H and O–H groups in total. The Morgan fingerprint density at radius 1 is 1.56 bits per heavy atom. The van der Waals surface area contributed by atoms with Gasteiger partial charge in [-0.05, 0) is 12.5 Å². The average Bonchev–Trinajstić information content (AvgIpc) is 2.21. The highest BCUT2D eigenvalue weighted by molar-refractivity contribution is 6.33. The molecule has 0 spiro atoms. The molecule has 0 aromatic heterocycles. The van der Waals surface area contributed by atoms with Crippen LogP contribution in [0.3, 0.4) is 0 Å². The van der Waals surface area contributed by atoms with E-state index in [-0.39, 0.29) is 16.6 Å². The molecule has 1 aromatic rings. The first kappa shape index (κ1) is 12.4. The van der Waals surface area contributed by atoms with E-state index in [1.807, 2.05) is 6.92 Å². The van der Waals surface area contributed by atoms with E-state index in [1.165, 1.54) is 18.2 Å². The predicted molar refractivity (Wildman–Crippen MR) is 61.6 cm³/mol. The van der Waals surface area contributed by atoms with E-state index in [9.17, 15) is 14.9 Å². The van der Waals surface area contributed by atoms with E-state index in [1.54, 1.807) is 0 Å². The Kier molecular flexibility index (Phi) is 4.25. The fourth-order valence-corrected chi connectivity index (χ4v) is 1.38. The summed E-state index contributed by atoms with van der Waals surface area (Å²) in [6.07, 6.45) is 1.13. The largest absolute Gasteiger partial charge is 0.325 e. The first-order chi connectivity index (χ1) is 7.54. The predicted octanol–water partition coefficient (Wildman–Crippen LogP) is 2.99. The summed E-state index contributed by atoms with van der Waals surface area (Å²) in [5.74, 6) is -0.154. The van der Waals surface area contributed by atoms with Crippen molar-refractivity contribution < 1.29 is 9.72 Å². The molecule has 0 heterocycles. The van der Waals surface area contributed by atoms with E-state index < -0.39 is 4.92 Å². The van der Waals surface area contributed by atoms with Crippen LogP contribution in [0.4, 0.5) is 11.4 Å². The monoisotopic (exact) mass is 242 g/mol. The highest BCUT2D eigenvalue weighted by Gasteiger charge is 2.10. The number of amides is 1. The van der Waals surface area contributed by atoms with Crippen LogP contribution in [-0.4, -0.2) is 10.8 Å². The van der Waals surface area contributed by atoms with Crippen molar-refractivity contribution in [3.63, 3.8) is 0 Å². The molecule has 0 aliphatic heterocycles. The minimum Gasteiger partial charge on any atom is -0.325 e. The van der Waals surface area contributed by atoms with Crippen LogP contribution in [0.15, 0.2) is 18.2 Å². The summed E-state index contributed by atoms with van der Waals surface area (Å²) in [5.41, 5.74) is 0.296. The maximum Gasteiger partial charge on any atom is 0.271 e. The SMILES string of the molecule is CCCC(=O)Nc1ccc([N+](=O)[O-])cc1Cl. The molecule has 86 valence electrons. The van der Waals surface area contributed by atoms with Crippen molar-refractivity contribution in [1.82, 2.24) is 0 Å². The second-order valence-corrected chi connectivity index (χ2v) is 3.63. The van der Waals surface area contributed by atoms with Crippen LogP contribution in [0.5, 0.6) is 0 Å². The highest BCUT2D eigenvalue weighted by atomic mass is 35.5. The molecule has 0 aliphatic carbocycles. The molecule has 6 heteroatoms. The molecule has 1 rings (SSSR count). The summed E-state index contributed by atoms with van der Waals surface area (Å²) in [4.78, 5) is 21.2. The molecule has 0 fully saturated rings. The number of benzene rings is 1. The minimum atomic E-state index is -0.538. The number of nitrogens with zero attached hydrogens (tertiary/aromatic N) is 1. The standard InChI is InChI=1S/C10H11ClN2O3/c1-2-3-10(14)12-9-5-4-7(13(15)16)6-8(9)11/h4-6H,2-3H2,1H3,(H,12,14). The van der Waals surface area contributed by atoms with Crippen molar-refractivity contribution in [1.29, 1.82) is 0 Å². The average molecular weight is 243 g/mol. The quantitative estimate of drug-likeness (QED) is 0.652. The third-order valence-corrected chi connectivity index (χ3v) is 2.23. The van der Waals surface area contributed by atoms with Gasteiger partial charge in [-0.15, -0.1) is 0 Å². The zero-order chi connectivity index (χ0) is 12.1. The molecular weight excluding hydrogens is 232 g/mol. The number of nitro benzene ring substituents is 1. The number of hydrogen-bond donors (Lipinski definition) is 1. The van der Waals surface area contributed by atoms with Crippen molar-refractivity contribution in [3.05, 3.63) is 33.3 Å². The Morgan fingerprint density at radius 2 is 2.25 bits per heavy atom. The molecule has 5 nitrogen and oxygen atoms in total. The topological polar surface area (TPSA) is 72.2 Å². The smallest absolute Gasteiger partial charge is 0.271 e. The molecule has 0 saturated heterocycles. The van der Waals surface area contributed by atoms with Gasteiger partial charge in [0.15, 0.2) is 0 Å². The maximum absolute atomic E-state index is 11.3. The molecule has 0 unspecified atom stereocenters. The lowest BCUT2D eigenvalue weighted by atomic mass is 10.2. The van der Waals surface area contributed by atoms with Gasteiger partial charge in [0, 0.05) is 18.6 Å². The molecule has 0 saturated carbocycles. The van der Waals surface area contributed by atoms with Crippen LogP contribution in [0.1, 0.15) is 19.8 Å². The van der Waals surface area contributed by atoms with Crippen molar-refractivity contribution in [2.75, 3.05) is 5.32 Å². The minimum absolute atomic E-state index is 0.0986. The van der Waals surface area contributed by atoms with Gasteiger partial charge in [0.2, 0.25) is 5.91 Å². The second-order valence-electron chi connectivity index (χ2n) is 3.22. The summed E-state index contributed by atoms with van der Waals surface area (Å²) in [6.45, 7) is 1.89. The highest BCUT2D eigenvalue weighted by Crippen LogP contribution is 2.26. The number of halogens is 1. The van der Waals surface area contributed by atoms with Crippen LogP contribution in [-0.2, 0) is 4.79 Å². The third-order valence-electron chi connectivity index (χ3n) is 1.91. The van der Waals surface area contributed by atoms with Gasteiger partial charge in [0.05, 0.1) is 15.6 Å². The van der Waals surface area contributed by atoms with Crippen LogP contribution >= 0.6 is 11.6 Å². The van der Waals surface area contributed by atoms with Crippen molar-refractivity contribution in [3.8, 4) is 0 Å². The lowest BCUT2D eigenvalue weighted by Gasteiger charge is -2.05. The molecule has 0 atom stereocenters. The Bertz CT molecular complexity index is 421. The molecule has 1 amide bonds. The van der Waals surface area contributed by atoms with Gasteiger partial charge < -0.3 is 5.32 Å². The van der Waals surface area contributed by atoms with Gasteiger partial charge in [0.1, 0.15) is 0 Å². The Morgan fingerprint density at radius 3 is 2.75 bits per heavy atom. The number of hydrogen-bond acceptors (Lipinski definition) is 3. The lowest BCUT2D eigenvalue weighted by molar-refractivity contribution is -0.384. The van der Waals surface area contributed by atoms with Gasteiger partial charge in [-0.25, -0.2) is 0 Å². The number of carbonyl (C=O) groups is 1. The summed E-state index contributed by atoms with van der Waals surface area (Å²) < 4.78 is 0. The van der Waals surface area contributed by atoms with Gasteiger partial charge in [-0.3, -0.25) is 14.9 Å². The normalized spacial score (nSPS) is 9.88. The Hall–Kier alpha value is -1.62. The molecular formula is C10H11ClN2O3. The van der Waals surface area contributed by atoms with Crippen molar-refractivity contribution >= 4 is 28.9 Å². The van der Waals surface area contributed by atoms with Crippen molar-refractivity contribution in [2.24, 2.45) is 0 Å². The first-order valence-corrected chi connectivity index (χ1v) is 5.16. The van der Waals surface area contributed by atoms with E-state index in [2.05, 4.69) is 5.32 Å². The number of anilines is 1. The molecule has 0 radical (unpaired) electrons. The summed E-state index contributed by atoms with van der Waals surface area (Å²) >= 11 is 5.80. The second kappa shape index (κ2) is 5.46. The molecule has 1 aromatic carbocycles. The third kappa shape index (κ3) is 3.20. The van der Waals surface area contributed by atoms with Gasteiger partial charge >= 0.3 is 0 Å². The zero-order valence-corrected chi connectivity index (χ0v) is 9.45. The van der Waals surface area contributed by atoms with Crippen LogP contribution in [0, 0.1) is 10.1 Å². The van der Waals surface area contributed by atoms with Crippen LogP contribution in [0.2, 0.25) is 5.02 Å². The zero-order valence-electron chi connectivity index (χ0n) is 8.70. The Balaban J connectivity index is 2.83. The Labute approximate surface area is 97.6 Å². The molecule has 16 heavy (non-hydrogen) atoms. The van der Waals surface area contributed by atoms with Crippen LogP contribution in [0.25, 0.3) is 0 Å². The van der Waals surface area contributed by atoms with Crippen molar-refractivity contribution in [2.45, 2.75) is 19.8 Å². The number of nitrogens with one attached hydrogen (secondary N) is 1.